The van der Waals surface area contributed by atoms with E-state index in [1.54, 1.807) is 12.1 Å². The van der Waals surface area contributed by atoms with Crippen LogP contribution in [0.25, 0.3) is 0 Å². The minimum atomic E-state index is -4.27. The summed E-state index contributed by atoms with van der Waals surface area (Å²) in [5, 5.41) is 0. The van der Waals surface area contributed by atoms with Crippen molar-refractivity contribution in [2.45, 2.75) is 19.6 Å². The minimum absolute atomic E-state index is 0. The van der Waals surface area contributed by atoms with Crippen LogP contribution in [0, 0.1) is 0 Å². The third-order valence-electron chi connectivity index (χ3n) is 2.44. The summed E-state index contributed by atoms with van der Waals surface area (Å²) in [5.74, 6) is 0. The van der Waals surface area contributed by atoms with Gasteiger partial charge < -0.3 is 0 Å². The first-order valence-electron chi connectivity index (χ1n) is 5.66. The summed E-state index contributed by atoms with van der Waals surface area (Å²) in [4.78, 5) is 0.698. The molecule has 1 radical (unpaired) electrons. The van der Waals surface area contributed by atoms with E-state index in [4.69, 9.17) is 9.11 Å². The first kappa shape index (κ1) is 21.0. The molecule has 2 rings (SSSR count). The van der Waals surface area contributed by atoms with Crippen LogP contribution in [0.3, 0.4) is 0 Å². The van der Waals surface area contributed by atoms with Crippen molar-refractivity contribution in [3.8, 4) is 0 Å². The van der Waals surface area contributed by atoms with E-state index in [1.807, 2.05) is 0 Å². The molecule has 0 saturated carbocycles. The van der Waals surface area contributed by atoms with Crippen LogP contribution in [0.4, 0.5) is 0 Å². The quantitative estimate of drug-likeness (QED) is 0.447. The van der Waals surface area contributed by atoms with E-state index < -0.39 is 20.2 Å². The van der Waals surface area contributed by atoms with Gasteiger partial charge in [0.05, 0.1) is 9.79 Å². The van der Waals surface area contributed by atoms with Gasteiger partial charge in [-0.1, -0.05) is 33.7 Å². The van der Waals surface area contributed by atoms with Crippen LogP contribution < -0.4 is 0 Å². The van der Waals surface area contributed by atoms with Gasteiger partial charge in [0, 0.05) is 39.3 Å². The maximum atomic E-state index is 11.1. The zero-order chi connectivity index (χ0) is 16.4. The third-order valence-corrected chi connectivity index (χ3v) is 6.52. The SMILES string of the molecule is O=S(=O)(O)c1cccc(SSc2cccc(S(=O)(=O)O)c2)c1.[Na]. The van der Waals surface area contributed by atoms with Crippen molar-refractivity contribution < 1.29 is 25.9 Å². The Kier molecular flexibility index (Phi) is 7.64. The fourth-order valence-electron chi connectivity index (χ4n) is 1.47. The van der Waals surface area contributed by atoms with Gasteiger partial charge in [0.2, 0.25) is 0 Å². The fourth-order valence-corrected chi connectivity index (χ4v) is 4.68. The van der Waals surface area contributed by atoms with Gasteiger partial charge in [0.25, 0.3) is 20.2 Å². The number of hydrogen-bond acceptors (Lipinski definition) is 6. The van der Waals surface area contributed by atoms with Gasteiger partial charge >= 0.3 is 0 Å². The fraction of sp³-hybridized carbons (Fsp3) is 0. The van der Waals surface area contributed by atoms with Crippen LogP contribution in [0.5, 0.6) is 0 Å². The molecule has 119 valence electrons. The van der Waals surface area contributed by atoms with Crippen molar-refractivity contribution in [3.63, 3.8) is 0 Å². The zero-order valence-corrected chi connectivity index (χ0v) is 17.0. The van der Waals surface area contributed by atoms with Gasteiger partial charge in [0.15, 0.2) is 0 Å². The van der Waals surface area contributed by atoms with Gasteiger partial charge in [-0.05, 0) is 36.4 Å². The number of hydrogen-bond donors (Lipinski definition) is 2. The summed E-state index contributed by atoms with van der Waals surface area (Å²) in [6.07, 6.45) is 0. The molecule has 0 spiro atoms. The maximum absolute atomic E-state index is 11.1. The van der Waals surface area contributed by atoms with Crippen LogP contribution in [0.2, 0.25) is 0 Å². The smallest absolute Gasteiger partial charge is 0.282 e. The summed E-state index contributed by atoms with van der Waals surface area (Å²) in [5.41, 5.74) is 0. The molecule has 2 aromatic carbocycles. The largest absolute Gasteiger partial charge is 0.294 e. The zero-order valence-electron chi connectivity index (χ0n) is 11.8. The molecule has 0 fully saturated rings. The van der Waals surface area contributed by atoms with Crippen LogP contribution >= 0.6 is 21.6 Å². The van der Waals surface area contributed by atoms with E-state index >= 15 is 0 Å². The second-order valence-corrected chi connectivity index (χ2v) is 9.19. The van der Waals surface area contributed by atoms with E-state index in [9.17, 15) is 16.8 Å². The molecule has 0 aliphatic rings. The Morgan fingerprint density at radius 1 is 0.696 bits per heavy atom. The van der Waals surface area contributed by atoms with Crippen molar-refractivity contribution in [2.24, 2.45) is 0 Å². The molecule has 0 atom stereocenters. The third kappa shape index (κ3) is 6.40. The molecule has 0 aromatic heterocycles. The van der Waals surface area contributed by atoms with Gasteiger partial charge in [-0.25, -0.2) is 0 Å². The van der Waals surface area contributed by atoms with E-state index in [1.165, 1.54) is 58.0 Å². The molecular formula is C12H10NaO6S4. The summed E-state index contributed by atoms with van der Waals surface area (Å²) in [7, 11) is -6.16. The average molecular weight is 401 g/mol. The van der Waals surface area contributed by atoms with Crippen LogP contribution in [-0.4, -0.2) is 55.5 Å². The maximum Gasteiger partial charge on any atom is 0.294 e. The molecule has 2 aromatic rings. The molecule has 0 amide bonds. The van der Waals surface area contributed by atoms with Crippen LogP contribution in [0.1, 0.15) is 0 Å². The van der Waals surface area contributed by atoms with E-state index in [0.717, 1.165) is 0 Å². The summed E-state index contributed by atoms with van der Waals surface area (Å²) >= 11 is 0. The number of benzene rings is 2. The van der Waals surface area contributed by atoms with Crippen LogP contribution in [-0.2, 0) is 20.2 Å². The first-order valence-corrected chi connectivity index (χ1v) is 10.7. The Hall–Kier alpha value is -0.0400. The topological polar surface area (TPSA) is 109 Å². The van der Waals surface area contributed by atoms with E-state index in [0.29, 0.717) is 9.79 Å². The van der Waals surface area contributed by atoms with Crippen molar-refractivity contribution in [2.75, 3.05) is 0 Å². The monoisotopic (exact) mass is 401 g/mol. The summed E-state index contributed by atoms with van der Waals surface area (Å²) in [6.45, 7) is 0. The molecule has 0 saturated heterocycles. The standard InChI is InChI=1S/C12H10O6S4.Na/c13-21(14,15)11-5-1-3-9(7-11)19-20-10-4-2-6-12(8-10)22(16,17)18;/h1-8H,(H,13,14,15)(H,16,17,18);. The number of rotatable bonds is 5. The van der Waals surface area contributed by atoms with Gasteiger partial charge in [-0.3, -0.25) is 9.11 Å². The summed E-state index contributed by atoms with van der Waals surface area (Å²) < 4.78 is 62.2. The Morgan fingerprint density at radius 3 is 1.35 bits per heavy atom. The van der Waals surface area contributed by atoms with E-state index in [2.05, 4.69) is 0 Å². The van der Waals surface area contributed by atoms with Gasteiger partial charge in [-0.2, -0.15) is 16.8 Å². The Morgan fingerprint density at radius 2 is 1.04 bits per heavy atom. The predicted molar refractivity (Wildman–Crippen MR) is 90.0 cm³/mol. The molecule has 23 heavy (non-hydrogen) atoms. The van der Waals surface area contributed by atoms with Crippen molar-refractivity contribution >= 4 is 71.4 Å². The van der Waals surface area contributed by atoms with Crippen LogP contribution in [0.15, 0.2) is 68.1 Å². The van der Waals surface area contributed by atoms with Crippen molar-refractivity contribution in [1.29, 1.82) is 0 Å². The molecule has 0 heterocycles. The molecule has 0 unspecified atom stereocenters. The Balaban J connectivity index is 0.00000264. The van der Waals surface area contributed by atoms with E-state index in [-0.39, 0.29) is 39.3 Å². The molecule has 0 aliphatic heterocycles. The molecule has 2 N–H and O–H groups in total. The van der Waals surface area contributed by atoms with Gasteiger partial charge in [0.1, 0.15) is 0 Å². The average Bonchev–Trinajstić information content (AvgIpc) is 2.44. The predicted octanol–water partition coefficient (Wildman–Crippen LogP) is 2.60. The Bertz CT molecular complexity index is 820. The molecule has 0 aliphatic carbocycles. The molecule has 0 bridgehead atoms. The summed E-state index contributed by atoms with van der Waals surface area (Å²) in [6, 6.07) is 11.4. The molecular weight excluding hydrogens is 391 g/mol. The minimum Gasteiger partial charge on any atom is -0.282 e. The van der Waals surface area contributed by atoms with Crippen molar-refractivity contribution in [1.82, 2.24) is 0 Å². The second kappa shape index (κ2) is 8.37. The van der Waals surface area contributed by atoms with Crippen molar-refractivity contribution in [3.05, 3.63) is 48.5 Å². The molecule has 6 nitrogen and oxygen atoms in total. The molecule has 11 heteroatoms. The first-order chi connectivity index (χ1) is 10.2. The Labute approximate surface area is 164 Å². The van der Waals surface area contributed by atoms with Gasteiger partial charge in [-0.15, -0.1) is 0 Å². The second-order valence-electron chi connectivity index (χ2n) is 4.07. The normalized spacial score (nSPS) is 11.7.